The number of sulfonamides is 1. The van der Waals surface area contributed by atoms with E-state index in [2.05, 4.69) is 0 Å². The third kappa shape index (κ3) is 4.15. The van der Waals surface area contributed by atoms with Gasteiger partial charge in [-0.1, -0.05) is 6.07 Å². The molecule has 6 nitrogen and oxygen atoms in total. The first-order chi connectivity index (χ1) is 13.5. The van der Waals surface area contributed by atoms with Crippen LogP contribution in [0.15, 0.2) is 46.7 Å². The molecule has 150 valence electrons. The quantitative estimate of drug-likeness (QED) is 0.690. The lowest BCUT2D eigenvalue weighted by molar-refractivity contribution is -0.117. The van der Waals surface area contributed by atoms with Gasteiger partial charge in [0.05, 0.1) is 11.0 Å². The number of thiophene rings is 1. The van der Waals surface area contributed by atoms with E-state index in [0.717, 1.165) is 29.8 Å². The minimum absolute atomic E-state index is 0.0590. The Kier molecular flexibility index (Phi) is 5.82. The van der Waals surface area contributed by atoms with Crippen LogP contribution in [-0.2, 0) is 26.1 Å². The molecular weight excluding hydrogens is 396 g/mol. The van der Waals surface area contributed by atoms with E-state index in [1.54, 1.807) is 40.5 Å². The normalized spacial score (nSPS) is 20.4. The summed E-state index contributed by atoms with van der Waals surface area (Å²) in [6.07, 6.45) is 3.18. The van der Waals surface area contributed by atoms with Crippen molar-refractivity contribution in [1.29, 1.82) is 0 Å². The summed E-state index contributed by atoms with van der Waals surface area (Å²) in [6, 6.07) is 10.5. The first-order valence-corrected chi connectivity index (χ1v) is 11.9. The third-order valence-electron chi connectivity index (χ3n) is 5.20. The molecule has 1 aromatic heterocycles. The summed E-state index contributed by atoms with van der Waals surface area (Å²) in [5.74, 6) is 0.0910. The molecule has 3 heterocycles. The Morgan fingerprint density at radius 3 is 2.61 bits per heavy atom. The molecule has 0 N–H and O–H groups in total. The van der Waals surface area contributed by atoms with E-state index in [1.807, 2.05) is 17.5 Å². The van der Waals surface area contributed by atoms with Crippen LogP contribution in [0, 0.1) is 0 Å². The third-order valence-corrected chi connectivity index (χ3v) is 7.89. The number of carbonyl (C=O) groups excluding carboxylic acids is 1. The summed E-state index contributed by atoms with van der Waals surface area (Å²) in [4.78, 5) is 14.9. The fourth-order valence-corrected chi connectivity index (χ4v) is 5.96. The zero-order valence-electron chi connectivity index (χ0n) is 15.6. The highest BCUT2D eigenvalue weighted by atomic mass is 32.2. The Bertz CT molecular complexity index is 904. The van der Waals surface area contributed by atoms with E-state index < -0.39 is 10.0 Å². The lowest BCUT2D eigenvalue weighted by atomic mass is 10.2. The molecule has 2 saturated heterocycles. The number of hydrogen-bond acceptors (Lipinski definition) is 5. The topological polar surface area (TPSA) is 66.9 Å². The highest BCUT2D eigenvalue weighted by Gasteiger charge is 2.30. The molecule has 2 aliphatic rings. The summed E-state index contributed by atoms with van der Waals surface area (Å²) < 4.78 is 33.9. The average molecular weight is 421 g/mol. The Balaban J connectivity index is 1.57. The van der Waals surface area contributed by atoms with Gasteiger partial charge in [0.2, 0.25) is 15.9 Å². The zero-order chi connectivity index (χ0) is 19.6. The Morgan fingerprint density at radius 1 is 1.18 bits per heavy atom. The molecule has 0 bridgehead atoms. The average Bonchev–Trinajstić information content (AvgIpc) is 3.44. The zero-order valence-corrected chi connectivity index (χ0v) is 17.3. The SMILES string of the molecule is O=C1CCCN1c1ccc(S(=O)(=O)N(Cc2cccs2)CC2CCCO2)cc1. The largest absolute Gasteiger partial charge is 0.377 e. The van der Waals surface area contributed by atoms with Gasteiger partial charge in [-0.05, 0) is 55.0 Å². The van der Waals surface area contributed by atoms with Crippen molar-refractivity contribution < 1.29 is 17.9 Å². The van der Waals surface area contributed by atoms with Crippen LogP contribution in [0.5, 0.6) is 0 Å². The van der Waals surface area contributed by atoms with Gasteiger partial charge in [-0.3, -0.25) is 4.79 Å². The molecule has 1 aromatic carbocycles. The Morgan fingerprint density at radius 2 is 2.00 bits per heavy atom. The van der Waals surface area contributed by atoms with Gasteiger partial charge in [-0.25, -0.2) is 8.42 Å². The molecule has 1 atom stereocenters. The second kappa shape index (κ2) is 8.32. The molecule has 28 heavy (non-hydrogen) atoms. The van der Waals surface area contributed by atoms with E-state index in [0.29, 0.717) is 32.7 Å². The van der Waals surface area contributed by atoms with Crippen molar-refractivity contribution in [3.05, 3.63) is 46.7 Å². The van der Waals surface area contributed by atoms with Crippen molar-refractivity contribution in [2.45, 2.75) is 43.2 Å². The van der Waals surface area contributed by atoms with Gasteiger partial charge >= 0.3 is 0 Å². The Hall–Kier alpha value is -1.74. The minimum Gasteiger partial charge on any atom is -0.377 e. The van der Waals surface area contributed by atoms with E-state index in [9.17, 15) is 13.2 Å². The summed E-state index contributed by atoms with van der Waals surface area (Å²) in [7, 11) is -3.66. The smallest absolute Gasteiger partial charge is 0.243 e. The van der Waals surface area contributed by atoms with Gasteiger partial charge in [0.1, 0.15) is 0 Å². The second-order valence-corrected chi connectivity index (χ2v) is 10.1. The second-order valence-electron chi connectivity index (χ2n) is 7.15. The fraction of sp³-hybridized carbons (Fsp3) is 0.450. The molecule has 2 aromatic rings. The fourth-order valence-electron chi connectivity index (χ4n) is 3.71. The highest BCUT2D eigenvalue weighted by molar-refractivity contribution is 7.89. The standard InChI is InChI=1S/C20H24N2O4S2/c23-20-6-1-11-22(20)16-7-9-19(10-8-16)28(24,25)21(14-17-4-2-12-26-17)15-18-5-3-13-27-18/h3,5,7-10,13,17H,1-2,4,6,11-12,14-15H2. The lowest BCUT2D eigenvalue weighted by Crippen LogP contribution is -2.36. The monoisotopic (exact) mass is 420 g/mol. The van der Waals surface area contributed by atoms with Crippen LogP contribution >= 0.6 is 11.3 Å². The maximum Gasteiger partial charge on any atom is 0.243 e. The van der Waals surface area contributed by atoms with E-state index in [4.69, 9.17) is 4.74 Å². The van der Waals surface area contributed by atoms with Crippen molar-refractivity contribution in [3.63, 3.8) is 0 Å². The van der Waals surface area contributed by atoms with Crippen molar-refractivity contribution >= 4 is 33.0 Å². The maximum absolute atomic E-state index is 13.3. The van der Waals surface area contributed by atoms with Crippen LogP contribution in [0.25, 0.3) is 0 Å². The molecular formula is C20H24N2O4S2. The maximum atomic E-state index is 13.3. The van der Waals surface area contributed by atoms with Crippen LogP contribution in [0.2, 0.25) is 0 Å². The summed E-state index contributed by atoms with van der Waals surface area (Å²) in [5.41, 5.74) is 0.755. The van der Waals surface area contributed by atoms with Crippen molar-refractivity contribution in [1.82, 2.24) is 4.31 Å². The summed E-state index contributed by atoms with van der Waals surface area (Å²) in [5, 5.41) is 1.95. The van der Waals surface area contributed by atoms with Gasteiger partial charge < -0.3 is 9.64 Å². The van der Waals surface area contributed by atoms with E-state index in [-0.39, 0.29) is 16.9 Å². The molecule has 0 saturated carbocycles. The van der Waals surface area contributed by atoms with Gasteiger partial charge in [0, 0.05) is 43.2 Å². The lowest BCUT2D eigenvalue weighted by Gasteiger charge is -2.25. The molecule has 4 rings (SSSR count). The Labute approximate surface area is 169 Å². The predicted octanol–water partition coefficient (Wildman–Crippen LogP) is 3.24. The number of benzene rings is 1. The molecule has 1 amide bonds. The predicted molar refractivity (Wildman–Crippen MR) is 109 cm³/mol. The van der Waals surface area contributed by atoms with E-state index >= 15 is 0 Å². The molecule has 0 radical (unpaired) electrons. The van der Waals surface area contributed by atoms with Gasteiger partial charge in [-0.15, -0.1) is 11.3 Å². The summed E-state index contributed by atoms with van der Waals surface area (Å²) >= 11 is 1.55. The minimum atomic E-state index is -3.66. The molecule has 2 fully saturated rings. The van der Waals surface area contributed by atoms with Crippen molar-refractivity contribution in [3.8, 4) is 0 Å². The molecule has 8 heteroatoms. The number of hydrogen-bond donors (Lipinski definition) is 0. The van der Waals surface area contributed by atoms with Gasteiger partial charge in [-0.2, -0.15) is 4.31 Å². The van der Waals surface area contributed by atoms with Crippen molar-refractivity contribution in [2.24, 2.45) is 0 Å². The first kappa shape index (κ1) is 19.6. The first-order valence-electron chi connectivity index (χ1n) is 9.58. The van der Waals surface area contributed by atoms with Gasteiger partial charge in [0.15, 0.2) is 0 Å². The van der Waals surface area contributed by atoms with Crippen LogP contribution in [0.3, 0.4) is 0 Å². The van der Waals surface area contributed by atoms with Crippen LogP contribution in [0.1, 0.15) is 30.6 Å². The van der Waals surface area contributed by atoms with Crippen LogP contribution in [0.4, 0.5) is 5.69 Å². The van der Waals surface area contributed by atoms with E-state index in [1.165, 1.54) is 4.31 Å². The molecule has 1 unspecified atom stereocenters. The van der Waals surface area contributed by atoms with Crippen LogP contribution in [-0.4, -0.2) is 44.4 Å². The number of anilines is 1. The number of ether oxygens (including phenoxy) is 1. The molecule has 0 spiro atoms. The van der Waals surface area contributed by atoms with Crippen molar-refractivity contribution in [2.75, 3.05) is 24.6 Å². The number of rotatable bonds is 7. The van der Waals surface area contributed by atoms with Crippen LogP contribution < -0.4 is 4.90 Å². The number of amides is 1. The van der Waals surface area contributed by atoms with Gasteiger partial charge in [0.25, 0.3) is 0 Å². The number of nitrogens with zero attached hydrogens (tertiary/aromatic N) is 2. The molecule has 0 aliphatic carbocycles. The summed E-state index contributed by atoms with van der Waals surface area (Å²) in [6.45, 7) is 2.07. The highest BCUT2D eigenvalue weighted by Crippen LogP contribution is 2.27. The number of carbonyl (C=O) groups is 1. The molecule has 2 aliphatic heterocycles.